The average Bonchev–Trinajstić information content (AvgIpc) is 3.00. The lowest BCUT2D eigenvalue weighted by molar-refractivity contribution is -0.117. The van der Waals surface area contributed by atoms with Gasteiger partial charge in [-0.1, -0.05) is 55.1 Å². The second-order valence-corrected chi connectivity index (χ2v) is 10.2. The summed E-state index contributed by atoms with van der Waals surface area (Å²) >= 11 is 0. The highest BCUT2D eigenvalue weighted by molar-refractivity contribution is 6.13. The molecular formula is C36H33N3O3. The van der Waals surface area contributed by atoms with E-state index in [1.165, 1.54) is 0 Å². The van der Waals surface area contributed by atoms with Crippen LogP contribution < -0.4 is 10.1 Å². The first-order valence-electron chi connectivity index (χ1n) is 13.8. The fraction of sp³-hybridized carbons (Fsp3) is 0.111. The van der Waals surface area contributed by atoms with Crippen molar-refractivity contribution in [1.29, 1.82) is 0 Å². The number of nitrogens with one attached hydrogen (secondary N) is 1. The molecule has 1 amide bonds. The first kappa shape index (κ1) is 28.2. The number of para-hydroxylation sites is 1. The Labute approximate surface area is 246 Å². The molecule has 1 atom stereocenters. The van der Waals surface area contributed by atoms with E-state index in [4.69, 9.17) is 9.73 Å². The Hall–Kier alpha value is -5.36. The lowest BCUT2D eigenvalue weighted by Crippen LogP contribution is -2.34. The van der Waals surface area contributed by atoms with Crippen LogP contribution in [0.15, 0.2) is 144 Å². The predicted octanol–water partition coefficient (Wildman–Crippen LogP) is 7.11. The number of carbonyl (C=O) groups excluding carboxylic acids is 1. The van der Waals surface area contributed by atoms with Crippen molar-refractivity contribution >= 4 is 17.3 Å². The van der Waals surface area contributed by atoms with Crippen molar-refractivity contribution in [3.63, 3.8) is 0 Å². The number of ether oxygens (including phenoxy) is 1. The van der Waals surface area contributed by atoms with Gasteiger partial charge in [0.2, 0.25) is 0 Å². The van der Waals surface area contributed by atoms with Crippen molar-refractivity contribution < 1.29 is 14.6 Å². The van der Waals surface area contributed by atoms with Crippen LogP contribution in [0.4, 0.5) is 0 Å². The normalized spacial score (nSPS) is 14.5. The van der Waals surface area contributed by atoms with E-state index in [0.29, 0.717) is 17.1 Å². The summed E-state index contributed by atoms with van der Waals surface area (Å²) in [5.41, 5.74) is 4.82. The Morgan fingerprint density at radius 1 is 0.905 bits per heavy atom. The Bertz CT molecular complexity index is 1640. The van der Waals surface area contributed by atoms with Crippen molar-refractivity contribution in [3.8, 4) is 17.2 Å². The van der Waals surface area contributed by atoms with Crippen LogP contribution in [0.25, 0.3) is 5.70 Å². The standard InChI is InChI=1S/C36H33N3O3/c1-25(36(41)37-26(2)23-27-10-6-4-7-11-27)22-35-38-33(28-14-18-30(40)19-15-28)24-34(39(35)3)29-16-20-32(21-17-29)42-31-12-8-5-9-13-31/h4-22,24,26,40H,1,23H2,2-3H3,(H,37,41)/b35-22-. The number of aromatic hydroxyl groups is 1. The molecule has 0 spiro atoms. The molecule has 0 aromatic heterocycles. The first-order chi connectivity index (χ1) is 20.4. The number of nitrogens with zero attached hydrogens (tertiary/aromatic N) is 2. The number of phenols is 1. The summed E-state index contributed by atoms with van der Waals surface area (Å²) in [5.74, 6) is 1.98. The third kappa shape index (κ3) is 7.04. The molecule has 0 fully saturated rings. The maximum absolute atomic E-state index is 13.1. The molecule has 4 aromatic carbocycles. The largest absolute Gasteiger partial charge is 0.508 e. The van der Waals surface area contributed by atoms with E-state index in [2.05, 4.69) is 11.9 Å². The lowest BCUT2D eigenvalue weighted by atomic mass is 10.0. The van der Waals surface area contributed by atoms with Crippen LogP contribution in [-0.2, 0) is 11.2 Å². The maximum atomic E-state index is 13.1. The average molecular weight is 556 g/mol. The minimum atomic E-state index is -0.251. The van der Waals surface area contributed by atoms with Gasteiger partial charge in [0.25, 0.3) is 5.91 Å². The molecule has 0 saturated heterocycles. The highest BCUT2D eigenvalue weighted by Gasteiger charge is 2.21. The summed E-state index contributed by atoms with van der Waals surface area (Å²) in [6.07, 6.45) is 4.41. The zero-order valence-electron chi connectivity index (χ0n) is 23.7. The fourth-order valence-corrected chi connectivity index (χ4v) is 4.64. The third-order valence-corrected chi connectivity index (χ3v) is 6.86. The van der Waals surface area contributed by atoms with E-state index in [9.17, 15) is 9.90 Å². The monoisotopic (exact) mass is 555 g/mol. The van der Waals surface area contributed by atoms with E-state index < -0.39 is 0 Å². The molecule has 0 saturated carbocycles. The van der Waals surface area contributed by atoms with Gasteiger partial charge in [0.1, 0.15) is 23.1 Å². The Morgan fingerprint density at radius 2 is 1.50 bits per heavy atom. The number of benzene rings is 4. The van der Waals surface area contributed by atoms with Crippen LogP contribution in [0.2, 0.25) is 0 Å². The minimum Gasteiger partial charge on any atom is -0.508 e. The highest BCUT2D eigenvalue weighted by Crippen LogP contribution is 2.31. The molecule has 6 nitrogen and oxygen atoms in total. The second kappa shape index (κ2) is 12.9. The van der Waals surface area contributed by atoms with Crippen LogP contribution in [0.1, 0.15) is 23.6 Å². The number of carbonyl (C=O) groups is 1. The number of phenolic OH excluding ortho intramolecular Hbond substituents is 1. The lowest BCUT2D eigenvalue weighted by Gasteiger charge is -2.28. The minimum absolute atomic E-state index is 0.0673. The van der Waals surface area contributed by atoms with Crippen molar-refractivity contribution in [2.75, 3.05) is 7.05 Å². The van der Waals surface area contributed by atoms with E-state index in [1.54, 1.807) is 18.2 Å². The Balaban J connectivity index is 1.39. The number of aliphatic imine (C=N–C) groups is 1. The number of hydrogen-bond acceptors (Lipinski definition) is 5. The molecule has 1 heterocycles. The number of allylic oxidation sites excluding steroid dienone is 1. The van der Waals surface area contributed by atoms with Crippen molar-refractivity contribution in [2.24, 2.45) is 4.99 Å². The molecule has 42 heavy (non-hydrogen) atoms. The van der Waals surface area contributed by atoms with Gasteiger partial charge < -0.3 is 20.1 Å². The summed E-state index contributed by atoms with van der Waals surface area (Å²) in [6, 6.07) is 34.3. The van der Waals surface area contributed by atoms with Gasteiger partial charge >= 0.3 is 0 Å². The first-order valence-corrected chi connectivity index (χ1v) is 13.8. The third-order valence-electron chi connectivity index (χ3n) is 6.86. The number of rotatable bonds is 9. The summed E-state index contributed by atoms with van der Waals surface area (Å²) < 4.78 is 5.97. The molecule has 0 radical (unpaired) electrons. The van der Waals surface area contributed by atoms with Gasteiger partial charge in [-0.2, -0.15) is 0 Å². The van der Waals surface area contributed by atoms with Crippen LogP contribution in [0.5, 0.6) is 17.2 Å². The van der Waals surface area contributed by atoms with Gasteiger partial charge in [-0.3, -0.25) is 4.79 Å². The van der Waals surface area contributed by atoms with E-state index in [0.717, 1.165) is 40.3 Å². The van der Waals surface area contributed by atoms with E-state index in [1.807, 2.05) is 122 Å². The molecule has 6 heteroatoms. The molecule has 5 rings (SSSR count). The van der Waals surface area contributed by atoms with E-state index in [-0.39, 0.29) is 17.7 Å². The van der Waals surface area contributed by atoms with Crippen LogP contribution in [0.3, 0.4) is 0 Å². The van der Waals surface area contributed by atoms with Gasteiger partial charge in [0, 0.05) is 24.2 Å². The molecule has 1 unspecified atom stereocenters. The van der Waals surface area contributed by atoms with Gasteiger partial charge in [-0.25, -0.2) is 4.99 Å². The fourth-order valence-electron chi connectivity index (χ4n) is 4.64. The quantitative estimate of drug-likeness (QED) is 0.216. The smallest absolute Gasteiger partial charge is 0.251 e. The van der Waals surface area contributed by atoms with Gasteiger partial charge in [-0.15, -0.1) is 0 Å². The summed E-state index contributed by atoms with van der Waals surface area (Å²) in [4.78, 5) is 19.9. The number of amides is 1. The summed E-state index contributed by atoms with van der Waals surface area (Å²) in [5, 5.41) is 12.9. The highest BCUT2D eigenvalue weighted by atomic mass is 16.5. The molecule has 1 aliphatic rings. The Morgan fingerprint density at radius 3 is 2.17 bits per heavy atom. The van der Waals surface area contributed by atoms with Crippen LogP contribution >= 0.6 is 0 Å². The molecule has 2 N–H and O–H groups in total. The second-order valence-electron chi connectivity index (χ2n) is 10.2. The molecule has 210 valence electrons. The zero-order chi connectivity index (χ0) is 29.5. The summed E-state index contributed by atoms with van der Waals surface area (Å²) in [6.45, 7) is 6.03. The van der Waals surface area contributed by atoms with Gasteiger partial charge in [-0.05, 0) is 97.3 Å². The van der Waals surface area contributed by atoms with Gasteiger partial charge in [0.05, 0.1) is 11.4 Å². The van der Waals surface area contributed by atoms with Crippen molar-refractivity contribution in [1.82, 2.24) is 10.2 Å². The van der Waals surface area contributed by atoms with Crippen molar-refractivity contribution in [3.05, 3.63) is 156 Å². The topological polar surface area (TPSA) is 74.2 Å². The van der Waals surface area contributed by atoms with E-state index >= 15 is 0 Å². The molecule has 4 aromatic rings. The molecular weight excluding hydrogens is 522 g/mol. The maximum Gasteiger partial charge on any atom is 0.251 e. The Kier molecular flexibility index (Phi) is 8.64. The SMILES string of the molecule is C=C(/C=C1/N=C(c2ccc(O)cc2)C=C(c2ccc(Oc3ccccc3)cc2)N1C)C(=O)NC(C)Cc1ccccc1. The van der Waals surface area contributed by atoms with Gasteiger partial charge in [0.15, 0.2) is 0 Å². The molecule has 0 aliphatic carbocycles. The molecule has 0 bridgehead atoms. The van der Waals surface area contributed by atoms with Crippen molar-refractivity contribution in [2.45, 2.75) is 19.4 Å². The van der Waals surface area contributed by atoms with Crippen LogP contribution in [0, 0.1) is 0 Å². The predicted molar refractivity (Wildman–Crippen MR) is 168 cm³/mol. The molecule has 1 aliphatic heterocycles. The number of hydrogen-bond donors (Lipinski definition) is 2. The van der Waals surface area contributed by atoms with Crippen LogP contribution in [-0.4, -0.2) is 34.7 Å². The zero-order valence-corrected chi connectivity index (χ0v) is 23.7. The summed E-state index contributed by atoms with van der Waals surface area (Å²) in [7, 11) is 1.91.